The Bertz CT molecular complexity index is 320. The second-order valence-electron chi connectivity index (χ2n) is 1.92. The van der Waals surface area contributed by atoms with Gasteiger partial charge < -0.3 is 5.73 Å². The molecule has 0 radical (unpaired) electrons. The van der Waals surface area contributed by atoms with Gasteiger partial charge in [-0.3, -0.25) is 4.72 Å². The number of thiophene rings is 1. The minimum Gasteiger partial charge on any atom is -0.369 e. The number of rotatable bonds is 0. The molecule has 11 heavy (non-hydrogen) atoms. The summed E-state index contributed by atoms with van der Waals surface area (Å²) in [6.45, 7) is 0. The van der Waals surface area contributed by atoms with Crippen LogP contribution in [0.1, 0.15) is 0 Å². The van der Waals surface area contributed by atoms with Crippen LogP contribution in [0.2, 0.25) is 4.34 Å². The van der Waals surface area contributed by atoms with E-state index in [-0.39, 0.29) is 0 Å². The zero-order chi connectivity index (χ0) is 7.84. The van der Waals surface area contributed by atoms with Gasteiger partial charge in [0.2, 0.25) is 5.96 Å². The smallest absolute Gasteiger partial charge is 0.204 e. The number of hydrogen-bond acceptors (Lipinski definition) is 5. The second-order valence-corrected chi connectivity index (χ2v) is 4.68. The Kier molecular flexibility index (Phi) is 1.71. The number of nitrogens with two attached hydrogens (primary N) is 1. The third-order valence-electron chi connectivity index (χ3n) is 1.14. The molecule has 0 spiro atoms. The molecule has 0 fully saturated rings. The first-order valence-electron chi connectivity index (χ1n) is 2.82. The molecular weight excluding hydrogens is 202 g/mol. The highest BCUT2D eigenvalue weighted by molar-refractivity contribution is 8.00. The number of nitrogens with one attached hydrogen (secondary N) is 1. The first-order chi connectivity index (χ1) is 5.25. The molecule has 0 atom stereocenters. The SMILES string of the molecule is NC1=Nc2cc(Cl)sc2SN1. The van der Waals surface area contributed by atoms with Gasteiger partial charge in [0.25, 0.3) is 0 Å². The average Bonchev–Trinajstić information content (AvgIpc) is 2.27. The van der Waals surface area contributed by atoms with Gasteiger partial charge in [-0.2, -0.15) is 0 Å². The predicted octanol–water partition coefficient (Wildman–Crippen LogP) is 1.96. The third kappa shape index (κ3) is 1.31. The van der Waals surface area contributed by atoms with Crippen molar-refractivity contribution in [3.05, 3.63) is 10.4 Å². The molecule has 1 aliphatic heterocycles. The highest BCUT2D eigenvalue weighted by Gasteiger charge is 2.13. The Morgan fingerprint density at radius 2 is 2.45 bits per heavy atom. The van der Waals surface area contributed by atoms with Gasteiger partial charge in [0.05, 0.1) is 10.0 Å². The van der Waals surface area contributed by atoms with Gasteiger partial charge >= 0.3 is 0 Å². The van der Waals surface area contributed by atoms with Gasteiger partial charge in [-0.05, 0) is 6.07 Å². The fourth-order valence-corrected chi connectivity index (χ4v) is 2.78. The molecule has 0 aromatic carbocycles. The lowest BCUT2D eigenvalue weighted by Gasteiger charge is -2.07. The van der Waals surface area contributed by atoms with Crippen molar-refractivity contribution in [1.29, 1.82) is 0 Å². The van der Waals surface area contributed by atoms with E-state index in [4.69, 9.17) is 17.3 Å². The molecule has 2 heterocycles. The van der Waals surface area contributed by atoms with E-state index in [2.05, 4.69) is 9.71 Å². The van der Waals surface area contributed by atoms with E-state index in [1.165, 1.54) is 23.3 Å². The summed E-state index contributed by atoms with van der Waals surface area (Å²) in [5, 5.41) is 0. The van der Waals surface area contributed by atoms with Crippen molar-refractivity contribution in [3.63, 3.8) is 0 Å². The second kappa shape index (κ2) is 2.58. The van der Waals surface area contributed by atoms with E-state index >= 15 is 0 Å². The largest absolute Gasteiger partial charge is 0.369 e. The van der Waals surface area contributed by atoms with Gasteiger partial charge in [0, 0.05) is 11.9 Å². The number of hydrogen-bond donors (Lipinski definition) is 2. The third-order valence-corrected chi connectivity index (χ3v) is 3.39. The quantitative estimate of drug-likeness (QED) is 0.637. The molecule has 0 unspecified atom stereocenters. The molecule has 1 aliphatic rings. The molecule has 3 nitrogen and oxygen atoms in total. The minimum absolute atomic E-state index is 0.428. The molecule has 0 amide bonds. The molecule has 0 saturated heterocycles. The normalized spacial score (nSPS) is 15.2. The first kappa shape index (κ1) is 7.27. The maximum atomic E-state index is 5.77. The van der Waals surface area contributed by atoms with Gasteiger partial charge in [0.15, 0.2) is 0 Å². The lowest BCUT2D eigenvalue weighted by Crippen LogP contribution is -2.26. The summed E-state index contributed by atoms with van der Waals surface area (Å²) in [5.74, 6) is 0.428. The Labute approximate surface area is 76.8 Å². The van der Waals surface area contributed by atoms with E-state index in [1.54, 1.807) is 0 Å². The highest BCUT2D eigenvalue weighted by atomic mass is 35.5. The summed E-state index contributed by atoms with van der Waals surface area (Å²) in [6.07, 6.45) is 0. The maximum Gasteiger partial charge on any atom is 0.204 e. The van der Waals surface area contributed by atoms with E-state index in [0.717, 1.165) is 14.2 Å². The van der Waals surface area contributed by atoms with Gasteiger partial charge in [0.1, 0.15) is 4.21 Å². The summed E-state index contributed by atoms with van der Waals surface area (Å²) in [7, 11) is 0. The number of nitrogens with zero attached hydrogens (tertiary/aromatic N) is 1. The maximum absolute atomic E-state index is 5.77. The van der Waals surface area contributed by atoms with Crippen molar-refractivity contribution in [2.75, 3.05) is 0 Å². The van der Waals surface area contributed by atoms with Crippen LogP contribution in [-0.4, -0.2) is 5.96 Å². The molecular formula is C5H4ClN3S2. The van der Waals surface area contributed by atoms with Crippen molar-refractivity contribution in [2.24, 2.45) is 10.7 Å². The van der Waals surface area contributed by atoms with Crippen LogP contribution < -0.4 is 10.5 Å². The fourth-order valence-electron chi connectivity index (χ4n) is 0.739. The molecule has 0 bridgehead atoms. The van der Waals surface area contributed by atoms with Gasteiger partial charge in [-0.15, -0.1) is 11.3 Å². The summed E-state index contributed by atoms with van der Waals surface area (Å²) < 4.78 is 4.65. The highest BCUT2D eigenvalue weighted by Crippen LogP contribution is 2.40. The molecule has 58 valence electrons. The molecule has 0 aliphatic carbocycles. The number of guanidine groups is 1. The van der Waals surface area contributed by atoms with Gasteiger partial charge in [-0.1, -0.05) is 11.6 Å². The fraction of sp³-hybridized carbons (Fsp3) is 0. The molecule has 3 N–H and O–H groups in total. The van der Waals surface area contributed by atoms with Crippen LogP contribution >= 0.6 is 34.9 Å². The summed E-state index contributed by atoms with van der Waals surface area (Å²) in [5.41, 5.74) is 6.30. The Hall–Kier alpha value is -0.390. The van der Waals surface area contributed by atoms with E-state index in [1.807, 2.05) is 6.07 Å². The number of fused-ring (bicyclic) bond motifs is 1. The number of halogens is 1. The monoisotopic (exact) mass is 205 g/mol. The standard InChI is InChI=1S/C5H4ClN3S2/c6-3-1-2-4(10-3)11-9-5(7)8-2/h1H,(H3,7,8,9). The van der Waals surface area contributed by atoms with Crippen LogP contribution in [0.15, 0.2) is 15.3 Å². The van der Waals surface area contributed by atoms with Crippen molar-refractivity contribution in [2.45, 2.75) is 4.21 Å². The summed E-state index contributed by atoms with van der Waals surface area (Å²) >= 11 is 8.71. The Morgan fingerprint density at radius 1 is 1.64 bits per heavy atom. The lowest BCUT2D eigenvalue weighted by molar-refractivity contribution is 1.31. The van der Waals surface area contributed by atoms with E-state index in [0.29, 0.717) is 5.96 Å². The zero-order valence-corrected chi connectivity index (χ0v) is 7.69. The Balaban J connectivity index is 2.50. The molecule has 1 aromatic rings. The van der Waals surface area contributed by atoms with Crippen molar-refractivity contribution < 1.29 is 0 Å². The van der Waals surface area contributed by atoms with Crippen molar-refractivity contribution in [1.82, 2.24) is 4.72 Å². The van der Waals surface area contributed by atoms with Crippen molar-refractivity contribution >= 4 is 46.5 Å². The predicted molar refractivity (Wildman–Crippen MR) is 49.6 cm³/mol. The van der Waals surface area contributed by atoms with E-state index in [9.17, 15) is 0 Å². The zero-order valence-electron chi connectivity index (χ0n) is 5.30. The number of aliphatic imine (C=N–C) groups is 1. The summed E-state index contributed by atoms with van der Waals surface area (Å²) in [6, 6.07) is 1.81. The van der Waals surface area contributed by atoms with E-state index < -0.39 is 0 Å². The molecule has 0 saturated carbocycles. The molecule has 6 heteroatoms. The average molecular weight is 206 g/mol. The first-order valence-corrected chi connectivity index (χ1v) is 4.83. The molecule has 1 aromatic heterocycles. The van der Waals surface area contributed by atoms with Crippen LogP contribution in [0, 0.1) is 0 Å². The van der Waals surface area contributed by atoms with Crippen LogP contribution in [0.4, 0.5) is 5.69 Å². The van der Waals surface area contributed by atoms with Gasteiger partial charge in [-0.25, -0.2) is 4.99 Å². The lowest BCUT2D eigenvalue weighted by atomic mass is 10.5. The summed E-state index contributed by atoms with van der Waals surface area (Å²) in [4.78, 5) is 4.06. The molecule has 2 rings (SSSR count). The Morgan fingerprint density at radius 3 is 3.27 bits per heavy atom. The van der Waals surface area contributed by atoms with Crippen LogP contribution in [-0.2, 0) is 0 Å². The van der Waals surface area contributed by atoms with Crippen LogP contribution in [0.3, 0.4) is 0 Å². The minimum atomic E-state index is 0.428. The van der Waals surface area contributed by atoms with Crippen molar-refractivity contribution in [3.8, 4) is 0 Å². The van der Waals surface area contributed by atoms with Crippen LogP contribution in [0.5, 0.6) is 0 Å². The topological polar surface area (TPSA) is 50.4 Å². The van der Waals surface area contributed by atoms with Crippen LogP contribution in [0.25, 0.3) is 0 Å².